The van der Waals surface area contributed by atoms with Crippen LogP contribution in [0.25, 0.3) is 0 Å². The number of nitrogens with two attached hydrogens (primary N) is 1. The van der Waals surface area contributed by atoms with Crippen LogP contribution in [-0.4, -0.2) is 67.6 Å². The van der Waals surface area contributed by atoms with Gasteiger partial charge in [-0.05, 0) is 19.4 Å². The number of H-pyrrole nitrogens is 1. The zero-order valence-corrected chi connectivity index (χ0v) is 20.1. The molecule has 0 spiro atoms. The average Bonchev–Trinajstić information content (AvgIpc) is 3.02. The van der Waals surface area contributed by atoms with Crippen LogP contribution in [0.3, 0.4) is 0 Å². The number of unbranched alkanes of at least 4 members (excludes halogenated alkanes) is 5. The Morgan fingerprint density at radius 3 is 2.26 bits per heavy atom. The first kappa shape index (κ1) is 29.0. The lowest BCUT2D eigenvalue weighted by Crippen LogP contribution is -2.37. The maximum absolute atomic E-state index is 12.0. The van der Waals surface area contributed by atoms with Crippen LogP contribution < -0.4 is 17.0 Å². The fraction of sp³-hybridized carbons (Fsp3) is 0.765. The summed E-state index contributed by atoms with van der Waals surface area (Å²) in [5.41, 5.74) is 3.79. The molecule has 0 amide bonds. The van der Waals surface area contributed by atoms with Crippen LogP contribution in [0.1, 0.15) is 44.8 Å². The van der Waals surface area contributed by atoms with E-state index in [1.54, 1.807) is 0 Å². The first-order chi connectivity index (χ1) is 16.0. The van der Waals surface area contributed by atoms with Gasteiger partial charge in [-0.3, -0.25) is 23.4 Å². The summed E-state index contributed by atoms with van der Waals surface area (Å²) >= 11 is 0. The van der Waals surface area contributed by atoms with Crippen molar-refractivity contribution in [1.82, 2.24) is 9.55 Å². The molecule has 1 aliphatic heterocycles. The van der Waals surface area contributed by atoms with Gasteiger partial charge < -0.3 is 30.5 Å². The maximum atomic E-state index is 12.0. The van der Waals surface area contributed by atoms with Crippen molar-refractivity contribution in [2.24, 2.45) is 5.73 Å². The number of hydrogen-bond acceptors (Lipinski definition) is 11. The summed E-state index contributed by atoms with van der Waals surface area (Å²) in [6.07, 6.45) is -0.228. The second-order valence-corrected chi connectivity index (χ2v) is 10.7. The average molecular weight is 531 g/mol. The molecule has 0 bridgehead atoms. The normalized spacial score (nSPS) is 26.3. The van der Waals surface area contributed by atoms with Crippen LogP contribution >= 0.6 is 15.6 Å². The Hall–Kier alpha value is -1.22. The minimum atomic E-state index is -5.13. The third-order valence-corrected chi connectivity index (χ3v) is 7.56. The highest BCUT2D eigenvalue weighted by atomic mass is 31.3. The largest absolute Gasteiger partial charge is 0.481 e. The van der Waals surface area contributed by atoms with E-state index in [4.69, 9.17) is 10.5 Å². The second-order valence-electron chi connectivity index (χ2n) is 7.62. The molecule has 1 fully saturated rings. The summed E-state index contributed by atoms with van der Waals surface area (Å²) in [6, 6.07) is 0.990. The molecule has 1 saturated heterocycles. The van der Waals surface area contributed by atoms with Crippen LogP contribution in [-0.2, 0) is 27.2 Å². The minimum absolute atomic E-state index is 0.184. The van der Waals surface area contributed by atoms with E-state index in [9.17, 15) is 38.7 Å². The fourth-order valence-corrected chi connectivity index (χ4v) is 5.32. The van der Waals surface area contributed by atoms with Gasteiger partial charge in [0.25, 0.3) is 5.56 Å². The molecule has 0 aromatic carbocycles. The SMILES string of the molecule is NCCCCCCCCOP(=O)(O)OP(=O)(O)OC[C@H]1O[C@@H](n2ccc(=O)[nH]c2=O)[C@H](O)[C@@H]1O. The lowest BCUT2D eigenvalue weighted by Gasteiger charge is -2.19. The van der Waals surface area contributed by atoms with Gasteiger partial charge in [0.1, 0.15) is 18.3 Å². The molecule has 2 rings (SSSR count). The zero-order valence-electron chi connectivity index (χ0n) is 18.3. The smallest absolute Gasteiger partial charge is 0.387 e. The summed E-state index contributed by atoms with van der Waals surface area (Å²) in [4.78, 5) is 44.4. The van der Waals surface area contributed by atoms with Crippen molar-refractivity contribution in [2.45, 2.75) is 63.1 Å². The molecule has 0 aliphatic carbocycles. The lowest BCUT2D eigenvalue weighted by atomic mass is 10.1. The molecule has 6 atom stereocenters. The van der Waals surface area contributed by atoms with Crippen molar-refractivity contribution in [1.29, 1.82) is 0 Å². The van der Waals surface area contributed by atoms with Gasteiger partial charge in [-0.15, -0.1) is 0 Å². The molecule has 196 valence electrons. The van der Waals surface area contributed by atoms with Gasteiger partial charge in [-0.1, -0.05) is 25.7 Å². The van der Waals surface area contributed by atoms with Crippen LogP contribution in [0.15, 0.2) is 21.9 Å². The highest BCUT2D eigenvalue weighted by Crippen LogP contribution is 2.60. The molecule has 15 nitrogen and oxygen atoms in total. The van der Waals surface area contributed by atoms with Gasteiger partial charge in [0.2, 0.25) is 0 Å². The van der Waals surface area contributed by atoms with Crippen molar-refractivity contribution >= 4 is 15.6 Å². The van der Waals surface area contributed by atoms with Gasteiger partial charge >= 0.3 is 21.3 Å². The molecule has 1 aromatic heterocycles. The van der Waals surface area contributed by atoms with Crippen LogP contribution in [0.5, 0.6) is 0 Å². The van der Waals surface area contributed by atoms with Gasteiger partial charge in [-0.2, -0.15) is 4.31 Å². The third-order valence-electron chi connectivity index (χ3n) is 4.92. The van der Waals surface area contributed by atoms with Gasteiger partial charge in [-0.25, -0.2) is 13.9 Å². The standard InChI is InChI=1S/C17H31N3O12P2/c18-8-5-3-1-2-4-6-10-29-33(25,26)32-34(27,28)30-11-12-14(22)15(23)16(31-12)20-9-7-13(21)19-17(20)24/h7,9,12,14-16,22-23H,1-6,8,10-11,18H2,(H,25,26)(H,27,28)(H,19,21,24)/t12-,14-,15-,16-/m1/s1. The zero-order chi connectivity index (χ0) is 25.4. The Morgan fingerprint density at radius 2 is 1.62 bits per heavy atom. The third kappa shape index (κ3) is 9.10. The molecule has 1 aliphatic rings. The number of phosphoric acid groups is 2. The topological polar surface area (TPSA) is 233 Å². The Labute approximate surface area is 194 Å². The lowest BCUT2D eigenvalue weighted by molar-refractivity contribution is -0.0543. The number of nitrogens with zero attached hydrogens (tertiary/aromatic N) is 1. The van der Waals surface area contributed by atoms with E-state index in [0.717, 1.165) is 48.9 Å². The van der Waals surface area contributed by atoms with E-state index in [1.165, 1.54) is 0 Å². The summed E-state index contributed by atoms with van der Waals surface area (Å²) < 4.78 is 43.6. The van der Waals surface area contributed by atoms with Crippen LogP contribution in [0.2, 0.25) is 0 Å². The van der Waals surface area contributed by atoms with E-state index in [0.29, 0.717) is 13.0 Å². The van der Waals surface area contributed by atoms with Gasteiger partial charge in [0.05, 0.1) is 13.2 Å². The summed E-state index contributed by atoms with van der Waals surface area (Å²) in [6.45, 7) is -0.403. The fourth-order valence-electron chi connectivity index (χ4n) is 3.20. The van der Waals surface area contributed by atoms with Gasteiger partial charge in [0, 0.05) is 12.3 Å². The second kappa shape index (κ2) is 13.2. The quantitative estimate of drug-likeness (QED) is 0.126. The number of ether oxygens (including phenoxy) is 1. The van der Waals surface area contributed by atoms with Gasteiger partial charge in [0.15, 0.2) is 6.23 Å². The Balaban J connectivity index is 1.81. The molecular weight excluding hydrogens is 500 g/mol. The molecule has 0 saturated carbocycles. The van der Waals surface area contributed by atoms with E-state index in [2.05, 4.69) is 13.4 Å². The predicted molar refractivity (Wildman–Crippen MR) is 117 cm³/mol. The molecular formula is C17H31N3O12P2. The summed E-state index contributed by atoms with van der Waals surface area (Å²) in [5.74, 6) is 0. The molecule has 17 heteroatoms. The van der Waals surface area contributed by atoms with Crippen molar-refractivity contribution < 1.29 is 47.2 Å². The Bertz CT molecular complexity index is 985. The molecule has 7 N–H and O–H groups in total. The maximum Gasteiger partial charge on any atom is 0.481 e. The van der Waals surface area contributed by atoms with Crippen LogP contribution in [0.4, 0.5) is 0 Å². The first-order valence-electron chi connectivity index (χ1n) is 10.6. The highest BCUT2D eigenvalue weighted by Gasteiger charge is 2.46. The number of aromatic nitrogens is 2. The van der Waals surface area contributed by atoms with Crippen molar-refractivity contribution in [3.05, 3.63) is 33.1 Å². The summed E-state index contributed by atoms with van der Waals surface area (Å²) in [7, 11) is -10.1. The number of aliphatic hydroxyl groups is 2. The van der Waals surface area contributed by atoms with E-state index in [1.807, 2.05) is 4.98 Å². The molecule has 2 unspecified atom stereocenters. The summed E-state index contributed by atoms with van der Waals surface area (Å²) in [5, 5.41) is 20.2. The number of hydrogen-bond donors (Lipinski definition) is 6. The predicted octanol–water partition coefficient (Wildman–Crippen LogP) is -0.294. The minimum Gasteiger partial charge on any atom is -0.387 e. The number of aliphatic hydroxyl groups excluding tert-OH is 2. The molecule has 2 heterocycles. The molecule has 34 heavy (non-hydrogen) atoms. The Kier molecular flexibility index (Phi) is 11.3. The monoisotopic (exact) mass is 531 g/mol. The Morgan fingerprint density at radius 1 is 1.00 bits per heavy atom. The van der Waals surface area contributed by atoms with E-state index < -0.39 is 58.0 Å². The number of aromatic amines is 1. The molecule has 1 aromatic rings. The first-order valence-corrected chi connectivity index (χ1v) is 13.6. The number of nitrogens with one attached hydrogen (secondary N) is 1. The number of rotatable bonds is 15. The van der Waals surface area contributed by atoms with E-state index in [-0.39, 0.29) is 6.61 Å². The highest BCUT2D eigenvalue weighted by molar-refractivity contribution is 7.61. The number of phosphoric ester groups is 2. The van der Waals surface area contributed by atoms with Crippen molar-refractivity contribution in [3.63, 3.8) is 0 Å². The van der Waals surface area contributed by atoms with Crippen molar-refractivity contribution in [3.8, 4) is 0 Å². The van der Waals surface area contributed by atoms with Crippen LogP contribution in [0, 0.1) is 0 Å². The van der Waals surface area contributed by atoms with Crippen molar-refractivity contribution in [2.75, 3.05) is 19.8 Å². The molecule has 0 radical (unpaired) electrons. The van der Waals surface area contributed by atoms with E-state index >= 15 is 0 Å².